The molecule has 0 aliphatic carbocycles. The Bertz CT molecular complexity index is 1970. The van der Waals surface area contributed by atoms with Gasteiger partial charge in [0.2, 0.25) is 11.8 Å². The van der Waals surface area contributed by atoms with Crippen LogP contribution in [0.5, 0.6) is 11.8 Å². The van der Waals surface area contributed by atoms with Crippen LogP contribution in [0.2, 0.25) is 0 Å². The first kappa shape index (κ1) is 35.6. The molecule has 51 heavy (non-hydrogen) atoms. The number of carbonyl (C=O) groups excluding carboxylic acids is 1. The van der Waals surface area contributed by atoms with Crippen molar-refractivity contribution in [3.05, 3.63) is 131 Å². The number of anilines is 1. The second-order valence-electron chi connectivity index (χ2n) is 13.0. The fourth-order valence-corrected chi connectivity index (χ4v) is 8.19. The summed E-state index contributed by atoms with van der Waals surface area (Å²) in [5.41, 5.74) is 2.90. The van der Waals surface area contributed by atoms with Crippen LogP contribution in [0.1, 0.15) is 67.5 Å². The number of nitrogens with zero attached hydrogens (tertiary/aromatic N) is 4. The first-order chi connectivity index (χ1) is 24.6. The molecule has 0 fully saturated rings. The zero-order valence-electron chi connectivity index (χ0n) is 29.7. The van der Waals surface area contributed by atoms with Crippen molar-refractivity contribution in [2.75, 3.05) is 26.1 Å². The molecule has 2 amide bonds. The third kappa shape index (κ3) is 7.06. The maximum atomic E-state index is 16.0. The molecule has 0 bridgehead atoms. The van der Waals surface area contributed by atoms with E-state index in [4.69, 9.17) is 18.6 Å². The van der Waals surface area contributed by atoms with Crippen molar-refractivity contribution in [3.8, 4) is 11.8 Å². The number of benzene rings is 3. The summed E-state index contributed by atoms with van der Waals surface area (Å²) >= 11 is 0. The third-order valence-corrected chi connectivity index (χ3v) is 10.8. The number of pyridine rings is 1. The van der Waals surface area contributed by atoms with Crippen LogP contribution >= 0.6 is 0 Å². The van der Waals surface area contributed by atoms with E-state index in [1.54, 1.807) is 18.9 Å². The molecule has 2 atom stereocenters. The Kier molecular flexibility index (Phi) is 10.4. The van der Waals surface area contributed by atoms with Gasteiger partial charge in [0.25, 0.3) is 0 Å². The Morgan fingerprint density at radius 3 is 1.98 bits per heavy atom. The van der Waals surface area contributed by atoms with Crippen LogP contribution < -0.4 is 19.5 Å². The topological polar surface area (TPSA) is 129 Å². The van der Waals surface area contributed by atoms with Gasteiger partial charge in [-0.2, -0.15) is 9.46 Å². The molecule has 266 valence electrons. The minimum atomic E-state index is -3.92. The highest BCUT2D eigenvalue weighted by Gasteiger charge is 2.41. The third-order valence-electron chi connectivity index (χ3n) is 8.92. The largest absolute Gasteiger partial charge is 0.481 e. The molecule has 0 saturated carbocycles. The predicted octanol–water partition coefficient (Wildman–Crippen LogP) is 7.50. The molecule has 2 aromatic heterocycles. The highest BCUT2D eigenvalue weighted by atomic mass is 32.2. The van der Waals surface area contributed by atoms with Gasteiger partial charge in [-0.15, -0.1) is 0 Å². The van der Waals surface area contributed by atoms with Crippen molar-refractivity contribution < 1.29 is 23.2 Å². The summed E-state index contributed by atoms with van der Waals surface area (Å²) in [6.07, 6.45) is 1.21. The Labute approximate surface area is 299 Å². The number of nitrogens with one attached hydrogen (secondary N) is 2. The van der Waals surface area contributed by atoms with E-state index in [2.05, 4.69) is 20.1 Å². The molecule has 5 aromatic rings. The van der Waals surface area contributed by atoms with Gasteiger partial charge in [0.05, 0.1) is 31.2 Å². The Hall–Kier alpha value is -5.20. The number of urea groups is 1. The van der Waals surface area contributed by atoms with Crippen LogP contribution in [0.3, 0.4) is 0 Å². The Morgan fingerprint density at radius 2 is 1.49 bits per heavy atom. The summed E-state index contributed by atoms with van der Waals surface area (Å²) in [5.74, 6) is 0.643. The SMILES string of the molecule is COc1cc(C(C)C)c(NC(=O)NS(=O)(=NC(c2ccccc2)(c2ccccc2)c2ccccc2)c2cnn3c2OC[C@@H](OC)C3)c(C(C)C)n1. The molecule has 0 radical (unpaired) electrons. The molecule has 11 nitrogen and oxygen atoms in total. The highest BCUT2D eigenvalue weighted by Crippen LogP contribution is 2.43. The van der Waals surface area contributed by atoms with E-state index in [9.17, 15) is 4.79 Å². The fourth-order valence-electron chi connectivity index (χ4n) is 6.34. The van der Waals surface area contributed by atoms with Crippen LogP contribution in [0, 0.1) is 0 Å². The van der Waals surface area contributed by atoms with Crippen LogP contribution in [-0.2, 0) is 26.7 Å². The van der Waals surface area contributed by atoms with Crippen LogP contribution in [0.25, 0.3) is 0 Å². The molecule has 2 N–H and O–H groups in total. The second-order valence-corrected chi connectivity index (χ2v) is 14.8. The van der Waals surface area contributed by atoms with Crippen LogP contribution in [0.4, 0.5) is 10.5 Å². The van der Waals surface area contributed by atoms with Gasteiger partial charge < -0.3 is 19.5 Å². The van der Waals surface area contributed by atoms with E-state index in [1.165, 1.54) is 6.20 Å². The van der Waals surface area contributed by atoms with E-state index in [1.807, 2.05) is 125 Å². The van der Waals surface area contributed by atoms with Gasteiger partial charge in [0, 0.05) is 13.2 Å². The molecule has 12 heteroatoms. The lowest BCUT2D eigenvalue weighted by Gasteiger charge is -2.33. The standard InChI is InChI=1S/C39H44N6O5S/c1-26(2)32-22-34(49-6)41-35(27(3)4)36(32)42-38(46)43-51(47,33-23-40-45-24-31(48-5)25-50-37(33)45)44-39(28-16-10-7-11-17-28,29-18-12-8-13-19-29)30-20-14-9-15-21-30/h7-23,26-27,31H,24-25H2,1-6H3,(H2,42,43,44,46,47)/t31-,51?/m0/s1. The number of aromatic nitrogens is 3. The van der Waals surface area contributed by atoms with Crippen molar-refractivity contribution in [1.82, 2.24) is 19.5 Å². The zero-order valence-corrected chi connectivity index (χ0v) is 30.5. The first-order valence-electron chi connectivity index (χ1n) is 16.9. The van der Waals surface area contributed by atoms with E-state index >= 15 is 4.21 Å². The number of rotatable bonds is 11. The molecule has 3 heterocycles. The van der Waals surface area contributed by atoms with Gasteiger partial charge in [-0.3, -0.25) is 0 Å². The maximum Gasteiger partial charge on any atom is 0.332 e. The summed E-state index contributed by atoms with van der Waals surface area (Å²) < 4.78 is 42.9. The minimum Gasteiger partial charge on any atom is -0.481 e. The first-order valence-corrected chi connectivity index (χ1v) is 18.4. The van der Waals surface area contributed by atoms with Crippen LogP contribution in [0.15, 0.2) is 113 Å². The number of fused-ring (bicyclic) bond motifs is 1. The van der Waals surface area contributed by atoms with Crippen molar-refractivity contribution in [2.24, 2.45) is 4.36 Å². The van der Waals surface area contributed by atoms with Gasteiger partial charge in [-0.05, 0) is 34.1 Å². The summed E-state index contributed by atoms with van der Waals surface area (Å²) in [6, 6.07) is 30.0. The van der Waals surface area contributed by atoms with Gasteiger partial charge in [-0.25, -0.2) is 23.4 Å². The van der Waals surface area contributed by atoms with Crippen molar-refractivity contribution in [1.29, 1.82) is 0 Å². The normalized spacial score (nSPS) is 15.4. The molecule has 6 rings (SSSR count). The average Bonchev–Trinajstić information content (AvgIpc) is 3.59. The lowest BCUT2D eigenvalue weighted by molar-refractivity contribution is 0.0165. The molecule has 0 spiro atoms. The Balaban J connectivity index is 1.61. The number of ether oxygens (including phenoxy) is 3. The van der Waals surface area contributed by atoms with Gasteiger partial charge >= 0.3 is 6.03 Å². The highest BCUT2D eigenvalue weighted by molar-refractivity contribution is 7.92. The number of hydrogen-bond acceptors (Lipinski definition) is 8. The van der Waals surface area contributed by atoms with E-state index in [0.717, 1.165) is 22.3 Å². The lowest BCUT2D eigenvalue weighted by atomic mass is 9.78. The summed E-state index contributed by atoms with van der Waals surface area (Å²) in [5, 5.41) is 7.55. The maximum absolute atomic E-state index is 16.0. The number of hydrogen-bond donors (Lipinski definition) is 2. The molecule has 1 aliphatic heterocycles. The predicted molar refractivity (Wildman–Crippen MR) is 198 cm³/mol. The van der Waals surface area contributed by atoms with Crippen molar-refractivity contribution >= 4 is 21.6 Å². The molecule has 1 unspecified atom stereocenters. The van der Waals surface area contributed by atoms with Gasteiger partial charge in [0.1, 0.15) is 23.1 Å². The molecular weight excluding hydrogens is 665 g/mol. The van der Waals surface area contributed by atoms with Gasteiger partial charge in [-0.1, -0.05) is 119 Å². The smallest absolute Gasteiger partial charge is 0.332 e. The molecule has 0 saturated heterocycles. The Morgan fingerprint density at radius 1 is 0.922 bits per heavy atom. The van der Waals surface area contributed by atoms with Crippen molar-refractivity contribution in [2.45, 2.75) is 62.6 Å². The molecule has 3 aromatic carbocycles. The van der Waals surface area contributed by atoms with E-state index < -0.39 is 21.5 Å². The number of carbonyl (C=O) groups is 1. The zero-order chi connectivity index (χ0) is 36.2. The lowest BCUT2D eigenvalue weighted by Crippen LogP contribution is -2.39. The fraction of sp³-hybridized carbons (Fsp3) is 0.308. The number of amides is 2. The van der Waals surface area contributed by atoms with E-state index in [0.29, 0.717) is 23.8 Å². The summed E-state index contributed by atoms with van der Waals surface area (Å²) in [7, 11) is -0.754. The summed E-state index contributed by atoms with van der Waals surface area (Å²) in [4.78, 5) is 19.2. The average molecular weight is 709 g/mol. The quantitative estimate of drug-likeness (QED) is 0.136. The van der Waals surface area contributed by atoms with Crippen molar-refractivity contribution in [3.63, 3.8) is 0 Å². The number of methoxy groups -OCH3 is 2. The summed E-state index contributed by atoms with van der Waals surface area (Å²) in [6.45, 7) is 8.62. The van der Waals surface area contributed by atoms with E-state index in [-0.39, 0.29) is 35.3 Å². The monoisotopic (exact) mass is 708 g/mol. The second kappa shape index (κ2) is 15.0. The molecule has 1 aliphatic rings. The van der Waals surface area contributed by atoms with Gasteiger partial charge in [0.15, 0.2) is 9.92 Å². The minimum absolute atomic E-state index is 0.00968. The molecular formula is C39H44N6O5S. The van der Waals surface area contributed by atoms with Crippen LogP contribution in [-0.4, -0.2) is 51.9 Å².